The molecule has 1 aromatic rings. The van der Waals surface area contributed by atoms with Crippen molar-refractivity contribution < 1.29 is 9.72 Å². The molecule has 0 spiro atoms. The maximum atomic E-state index is 11.5. The fraction of sp³-hybridized carbons (Fsp3) is 0.571. The zero-order chi connectivity index (χ0) is 16.7. The number of nitrogens with zero attached hydrogens (tertiary/aromatic N) is 3. The summed E-state index contributed by atoms with van der Waals surface area (Å²) in [4.78, 5) is 27.9. The summed E-state index contributed by atoms with van der Waals surface area (Å²) in [5, 5.41) is 14.0. The highest BCUT2D eigenvalue weighted by atomic mass is 16.6. The van der Waals surface area contributed by atoms with Gasteiger partial charge in [0.25, 0.3) is 11.6 Å². The van der Waals surface area contributed by atoms with Crippen LogP contribution >= 0.6 is 0 Å². The molecular formula is C14H21N5O3. The number of carbonyl (C=O) groups is 1. The Bertz CT molecular complexity index is 614. The summed E-state index contributed by atoms with van der Waals surface area (Å²) in [6.07, 6.45) is 2.03. The lowest BCUT2D eigenvalue weighted by atomic mass is 9.62. The van der Waals surface area contributed by atoms with E-state index in [0.717, 1.165) is 18.7 Å². The highest BCUT2D eigenvalue weighted by Crippen LogP contribution is 2.44. The minimum atomic E-state index is -0.736. The number of pyridine rings is 1. The SMILES string of the molecule is CN(C)[C@H]1C[C@H](Nc2ncc([N+](=O)[O-])cc2C(N)=O)C1(C)C. The lowest BCUT2D eigenvalue weighted by molar-refractivity contribution is -0.385. The number of rotatable bonds is 5. The van der Waals surface area contributed by atoms with Crippen LogP contribution in [0.5, 0.6) is 0 Å². The highest BCUT2D eigenvalue weighted by molar-refractivity contribution is 5.98. The molecule has 0 radical (unpaired) electrons. The van der Waals surface area contributed by atoms with E-state index in [1.807, 2.05) is 14.1 Å². The minimum absolute atomic E-state index is 0.0120. The van der Waals surface area contributed by atoms with Gasteiger partial charge < -0.3 is 16.0 Å². The molecule has 1 fully saturated rings. The molecule has 0 saturated heterocycles. The van der Waals surface area contributed by atoms with E-state index in [-0.39, 0.29) is 22.7 Å². The first-order valence-corrected chi connectivity index (χ1v) is 7.01. The van der Waals surface area contributed by atoms with E-state index in [9.17, 15) is 14.9 Å². The van der Waals surface area contributed by atoms with Crippen molar-refractivity contribution in [3.8, 4) is 0 Å². The zero-order valence-corrected chi connectivity index (χ0v) is 13.2. The van der Waals surface area contributed by atoms with E-state index in [1.165, 1.54) is 0 Å². The first kappa shape index (κ1) is 16.2. The summed E-state index contributed by atoms with van der Waals surface area (Å²) in [7, 11) is 4.06. The fourth-order valence-corrected chi connectivity index (χ4v) is 3.05. The van der Waals surface area contributed by atoms with E-state index in [0.29, 0.717) is 11.9 Å². The molecule has 2 atom stereocenters. The Morgan fingerprint density at radius 1 is 1.55 bits per heavy atom. The van der Waals surface area contributed by atoms with Crippen LogP contribution < -0.4 is 11.1 Å². The number of nitrogens with two attached hydrogens (primary N) is 1. The number of nitrogens with one attached hydrogen (secondary N) is 1. The third kappa shape index (κ3) is 2.74. The molecule has 0 aromatic carbocycles. The number of hydrogen-bond acceptors (Lipinski definition) is 6. The summed E-state index contributed by atoms with van der Waals surface area (Å²) >= 11 is 0. The molecule has 3 N–H and O–H groups in total. The van der Waals surface area contributed by atoms with Gasteiger partial charge in [-0.3, -0.25) is 14.9 Å². The second-order valence-corrected chi connectivity index (χ2v) is 6.44. The van der Waals surface area contributed by atoms with E-state index in [4.69, 9.17) is 5.73 Å². The van der Waals surface area contributed by atoms with Crippen molar-refractivity contribution in [1.29, 1.82) is 0 Å². The fourth-order valence-electron chi connectivity index (χ4n) is 3.05. The summed E-state index contributed by atoms with van der Waals surface area (Å²) in [5.41, 5.74) is 5.09. The number of hydrogen-bond donors (Lipinski definition) is 2. The molecule has 1 aromatic heterocycles. The van der Waals surface area contributed by atoms with Gasteiger partial charge in [0.05, 0.1) is 10.5 Å². The van der Waals surface area contributed by atoms with Crippen molar-refractivity contribution >= 4 is 17.4 Å². The van der Waals surface area contributed by atoms with Crippen LogP contribution in [0.25, 0.3) is 0 Å². The molecule has 120 valence electrons. The Kier molecular flexibility index (Phi) is 4.06. The Hall–Kier alpha value is -2.22. The smallest absolute Gasteiger partial charge is 0.288 e. The van der Waals surface area contributed by atoms with E-state index in [1.54, 1.807) is 0 Å². The predicted octanol–water partition coefficient (Wildman–Crippen LogP) is 1.23. The summed E-state index contributed by atoms with van der Waals surface area (Å²) in [6, 6.07) is 1.69. The zero-order valence-electron chi connectivity index (χ0n) is 13.2. The number of amides is 1. The number of nitro groups is 1. The molecule has 0 unspecified atom stereocenters. The van der Waals surface area contributed by atoms with Crippen molar-refractivity contribution in [3.63, 3.8) is 0 Å². The molecule has 0 aliphatic heterocycles. The molecule has 22 heavy (non-hydrogen) atoms. The minimum Gasteiger partial charge on any atom is -0.366 e. The second kappa shape index (κ2) is 5.53. The second-order valence-electron chi connectivity index (χ2n) is 6.44. The van der Waals surface area contributed by atoms with Crippen molar-refractivity contribution in [2.75, 3.05) is 19.4 Å². The van der Waals surface area contributed by atoms with Crippen molar-refractivity contribution in [2.45, 2.75) is 32.4 Å². The van der Waals surface area contributed by atoms with Gasteiger partial charge in [0.2, 0.25) is 0 Å². The summed E-state index contributed by atoms with van der Waals surface area (Å²) in [5.74, 6) is -0.437. The standard InChI is InChI=1S/C14H21N5O3/c1-14(2)10(6-11(14)18(3)4)17-13-9(12(15)20)5-8(7-16-13)19(21)22/h5,7,10-11H,6H2,1-4H3,(H2,15,20)(H,16,17)/t10-,11-/m0/s1. The van der Waals surface area contributed by atoms with Crippen LogP contribution in [0, 0.1) is 15.5 Å². The number of aromatic nitrogens is 1. The predicted molar refractivity (Wildman–Crippen MR) is 82.7 cm³/mol. The molecule has 1 heterocycles. The maximum absolute atomic E-state index is 11.5. The van der Waals surface area contributed by atoms with Crippen LogP contribution in [0.15, 0.2) is 12.3 Å². The molecule has 1 aliphatic carbocycles. The molecule has 2 rings (SSSR count). The van der Waals surface area contributed by atoms with Crippen LogP contribution in [0.4, 0.5) is 11.5 Å². The number of primary amides is 1. The normalized spacial score (nSPS) is 23.0. The number of carbonyl (C=O) groups excluding carboxylic acids is 1. The topological polar surface area (TPSA) is 114 Å². The molecule has 1 amide bonds. The van der Waals surface area contributed by atoms with Crippen LogP contribution in [-0.2, 0) is 0 Å². The average molecular weight is 307 g/mol. The van der Waals surface area contributed by atoms with Crippen molar-refractivity contribution in [2.24, 2.45) is 11.1 Å². The molecule has 1 aliphatic rings. The molecule has 8 heteroatoms. The number of anilines is 1. The molecular weight excluding hydrogens is 286 g/mol. The van der Waals surface area contributed by atoms with Gasteiger partial charge in [0.15, 0.2) is 0 Å². The first-order chi connectivity index (χ1) is 10.1. The van der Waals surface area contributed by atoms with Gasteiger partial charge in [-0.2, -0.15) is 0 Å². The molecule has 1 saturated carbocycles. The summed E-state index contributed by atoms with van der Waals surface area (Å²) < 4.78 is 0. The average Bonchev–Trinajstić information content (AvgIpc) is 2.42. The third-order valence-corrected chi connectivity index (χ3v) is 4.50. The first-order valence-electron chi connectivity index (χ1n) is 7.01. The van der Waals surface area contributed by atoms with Crippen LogP contribution in [0.3, 0.4) is 0 Å². The van der Waals surface area contributed by atoms with Crippen LogP contribution in [-0.4, -0.2) is 46.9 Å². The van der Waals surface area contributed by atoms with Gasteiger partial charge in [0, 0.05) is 23.6 Å². The van der Waals surface area contributed by atoms with Crippen LogP contribution in [0.2, 0.25) is 0 Å². The van der Waals surface area contributed by atoms with E-state index >= 15 is 0 Å². The Balaban J connectivity index is 2.24. The third-order valence-electron chi connectivity index (χ3n) is 4.50. The lowest BCUT2D eigenvalue weighted by Gasteiger charge is -2.55. The lowest BCUT2D eigenvalue weighted by Crippen LogP contribution is -2.62. The van der Waals surface area contributed by atoms with Gasteiger partial charge in [-0.05, 0) is 20.5 Å². The largest absolute Gasteiger partial charge is 0.366 e. The van der Waals surface area contributed by atoms with Gasteiger partial charge in [-0.1, -0.05) is 13.8 Å². The molecule has 8 nitrogen and oxygen atoms in total. The Labute approximate surface area is 128 Å². The van der Waals surface area contributed by atoms with E-state index in [2.05, 4.69) is 29.0 Å². The Morgan fingerprint density at radius 2 is 2.18 bits per heavy atom. The maximum Gasteiger partial charge on any atom is 0.288 e. The van der Waals surface area contributed by atoms with Gasteiger partial charge in [0.1, 0.15) is 12.0 Å². The quantitative estimate of drug-likeness (QED) is 0.624. The van der Waals surface area contributed by atoms with Crippen LogP contribution in [0.1, 0.15) is 30.6 Å². The van der Waals surface area contributed by atoms with Crippen molar-refractivity contribution in [3.05, 3.63) is 27.9 Å². The summed E-state index contributed by atoms with van der Waals surface area (Å²) in [6.45, 7) is 4.27. The van der Waals surface area contributed by atoms with Gasteiger partial charge in [-0.25, -0.2) is 4.98 Å². The Morgan fingerprint density at radius 3 is 2.64 bits per heavy atom. The van der Waals surface area contributed by atoms with Gasteiger partial charge in [-0.15, -0.1) is 0 Å². The monoisotopic (exact) mass is 307 g/mol. The van der Waals surface area contributed by atoms with Gasteiger partial charge >= 0.3 is 0 Å². The van der Waals surface area contributed by atoms with E-state index < -0.39 is 10.8 Å². The molecule has 0 bridgehead atoms. The highest BCUT2D eigenvalue weighted by Gasteiger charge is 2.49. The van der Waals surface area contributed by atoms with Crippen molar-refractivity contribution in [1.82, 2.24) is 9.88 Å².